The molecule has 1 unspecified atom stereocenters. The number of aliphatic carboxylic acids is 1. The zero-order valence-corrected chi connectivity index (χ0v) is 18.1. The fraction of sp³-hybridized carbons (Fsp3) is 0.684. The van der Waals surface area contributed by atoms with E-state index in [0.717, 1.165) is 31.6 Å². The van der Waals surface area contributed by atoms with E-state index in [1.807, 2.05) is 20.8 Å². The maximum atomic E-state index is 12.0. The highest BCUT2D eigenvalue weighted by molar-refractivity contribution is 9.10. The van der Waals surface area contributed by atoms with Crippen LogP contribution >= 0.6 is 15.9 Å². The highest BCUT2D eigenvalue weighted by Crippen LogP contribution is 2.43. The number of nitrogens with zero attached hydrogens (tertiary/aromatic N) is 2. The zero-order valence-electron chi connectivity index (χ0n) is 16.5. The molecular weight excluding hydrogens is 398 g/mol. The van der Waals surface area contributed by atoms with Crippen molar-refractivity contribution in [2.45, 2.75) is 66.1 Å². The summed E-state index contributed by atoms with van der Waals surface area (Å²) in [7, 11) is 0. The number of hydrogen-bond acceptors (Lipinski definition) is 5. The molecule has 26 heavy (non-hydrogen) atoms. The normalized spacial score (nSPS) is 18.7. The molecule has 0 aliphatic carbocycles. The first-order chi connectivity index (χ1) is 11.8. The number of anilines is 2. The van der Waals surface area contributed by atoms with Gasteiger partial charge in [-0.3, -0.25) is 0 Å². The number of nitrogen functional groups attached to an aromatic ring is 1. The number of carbonyl (C=O) groups is 1. The summed E-state index contributed by atoms with van der Waals surface area (Å²) < 4.78 is 6.55. The van der Waals surface area contributed by atoms with Crippen molar-refractivity contribution in [3.05, 3.63) is 15.7 Å². The van der Waals surface area contributed by atoms with Crippen LogP contribution < -0.4 is 10.6 Å². The van der Waals surface area contributed by atoms with Crippen LogP contribution in [0.3, 0.4) is 0 Å². The molecule has 0 bridgehead atoms. The molecule has 0 radical (unpaired) electrons. The number of carboxylic acids is 1. The van der Waals surface area contributed by atoms with Crippen LogP contribution in [0.4, 0.5) is 11.5 Å². The fourth-order valence-electron chi connectivity index (χ4n) is 3.25. The van der Waals surface area contributed by atoms with Crippen LogP contribution in [0.15, 0.2) is 4.47 Å². The first kappa shape index (κ1) is 21.0. The maximum Gasteiger partial charge on any atom is 0.337 e. The van der Waals surface area contributed by atoms with Gasteiger partial charge in [0.05, 0.1) is 15.8 Å². The Labute approximate surface area is 164 Å². The van der Waals surface area contributed by atoms with E-state index >= 15 is 0 Å². The third-order valence-electron chi connectivity index (χ3n) is 4.76. The van der Waals surface area contributed by atoms with E-state index in [0.29, 0.717) is 21.5 Å². The standard InChI is InChI=1S/C19H30BrN3O3/c1-11-12(15(17(24)25)26-18(2,3)4)14(13(20)16(21)22-11)23-9-7-19(5,6)8-10-23/h15H,7-10H2,1-6H3,(H2,21,22)(H,24,25). The Kier molecular flexibility index (Phi) is 5.93. The highest BCUT2D eigenvalue weighted by atomic mass is 79.9. The number of nitrogens with two attached hydrogens (primary N) is 1. The minimum absolute atomic E-state index is 0.283. The van der Waals surface area contributed by atoms with Crippen molar-refractivity contribution in [1.29, 1.82) is 0 Å². The molecule has 1 aromatic rings. The topological polar surface area (TPSA) is 88.7 Å². The van der Waals surface area contributed by atoms with Crippen LogP contribution in [-0.2, 0) is 9.53 Å². The van der Waals surface area contributed by atoms with Crippen LogP contribution in [-0.4, -0.2) is 34.8 Å². The Hall–Kier alpha value is -1.34. The Bertz CT molecular complexity index is 688. The molecule has 2 rings (SSSR count). The van der Waals surface area contributed by atoms with E-state index in [2.05, 4.69) is 39.7 Å². The SMILES string of the molecule is Cc1nc(N)c(Br)c(N2CCC(C)(C)CC2)c1C(OC(C)(C)C)C(=O)O. The average molecular weight is 428 g/mol. The summed E-state index contributed by atoms with van der Waals surface area (Å²) in [6.07, 6.45) is 0.945. The molecule has 7 heteroatoms. The van der Waals surface area contributed by atoms with Crippen LogP contribution in [0.5, 0.6) is 0 Å². The number of rotatable bonds is 4. The van der Waals surface area contributed by atoms with E-state index in [1.54, 1.807) is 6.92 Å². The lowest BCUT2D eigenvalue weighted by atomic mass is 9.82. The number of carboxylic acid groups (broad SMARTS) is 1. The van der Waals surface area contributed by atoms with Crippen LogP contribution in [0.1, 0.15) is 64.8 Å². The number of aryl methyl sites for hydroxylation is 1. The molecule has 0 aromatic carbocycles. The molecule has 1 fully saturated rings. The summed E-state index contributed by atoms with van der Waals surface area (Å²) in [5, 5.41) is 9.86. The second kappa shape index (κ2) is 7.35. The molecule has 146 valence electrons. The van der Waals surface area contributed by atoms with Gasteiger partial charge >= 0.3 is 5.97 Å². The molecule has 2 heterocycles. The average Bonchev–Trinajstić information content (AvgIpc) is 2.48. The second-order valence-electron chi connectivity index (χ2n) is 8.76. The number of piperidine rings is 1. The van der Waals surface area contributed by atoms with Gasteiger partial charge in [-0.25, -0.2) is 9.78 Å². The first-order valence-corrected chi connectivity index (χ1v) is 9.73. The van der Waals surface area contributed by atoms with Gasteiger partial charge in [-0.2, -0.15) is 0 Å². The van der Waals surface area contributed by atoms with Gasteiger partial charge in [0, 0.05) is 24.3 Å². The molecule has 1 aliphatic heterocycles. The molecule has 0 amide bonds. The molecule has 1 aliphatic rings. The van der Waals surface area contributed by atoms with Gasteiger partial charge in [-0.15, -0.1) is 0 Å². The van der Waals surface area contributed by atoms with Gasteiger partial charge in [-0.1, -0.05) is 13.8 Å². The number of ether oxygens (including phenoxy) is 1. The molecule has 0 spiro atoms. The molecule has 1 atom stereocenters. The highest BCUT2D eigenvalue weighted by Gasteiger charge is 2.35. The largest absolute Gasteiger partial charge is 0.479 e. The van der Waals surface area contributed by atoms with Crippen molar-refractivity contribution >= 4 is 33.4 Å². The molecule has 0 saturated carbocycles. The van der Waals surface area contributed by atoms with Crippen LogP contribution in [0.25, 0.3) is 0 Å². The van der Waals surface area contributed by atoms with Crippen molar-refractivity contribution in [2.75, 3.05) is 23.7 Å². The Morgan fingerprint density at radius 2 is 1.88 bits per heavy atom. The number of aromatic nitrogens is 1. The van der Waals surface area contributed by atoms with Gasteiger partial charge in [-0.05, 0) is 61.9 Å². The zero-order chi connectivity index (χ0) is 19.9. The Morgan fingerprint density at radius 3 is 2.35 bits per heavy atom. The second-order valence-corrected chi connectivity index (χ2v) is 9.55. The van der Waals surface area contributed by atoms with Crippen LogP contribution in [0.2, 0.25) is 0 Å². The Morgan fingerprint density at radius 1 is 1.35 bits per heavy atom. The van der Waals surface area contributed by atoms with E-state index in [1.165, 1.54) is 0 Å². The first-order valence-electron chi connectivity index (χ1n) is 8.93. The number of pyridine rings is 1. The molecular formula is C19H30BrN3O3. The summed E-state index contributed by atoms with van der Waals surface area (Å²) in [5.41, 5.74) is 7.71. The third-order valence-corrected chi connectivity index (χ3v) is 5.54. The van der Waals surface area contributed by atoms with Crippen molar-refractivity contribution in [3.8, 4) is 0 Å². The van der Waals surface area contributed by atoms with Crippen molar-refractivity contribution in [2.24, 2.45) is 5.41 Å². The lowest BCUT2D eigenvalue weighted by Gasteiger charge is -2.40. The number of halogens is 1. The molecule has 3 N–H and O–H groups in total. The lowest BCUT2D eigenvalue weighted by Crippen LogP contribution is -2.39. The summed E-state index contributed by atoms with van der Waals surface area (Å²) in [5.74, 6) is -0.661. The van der Waals surface area contributed by atoms with Gasteiger partial charge in [0.15, 0.2) is 6.10 Å². The summed E-state index contributed by atoms with van der Waals surface area (Å²) in [4.78, 5) is 18.6. The van der Waals surface area contributed by atoms with Gasteiger partial charge < -0.3 is 20.5 Å². The number of hydrogen-bond donors (Lipinski definition) is 2. The van der Waals surface area contributed by atoms with E-state index in [9.17, 15) is 9.90 Å². The monoisotopic (exact) mass is 427 g/mol. The summed E-state index contributed by atoms with van der Waals surface area (Å²) >= 11 is 3.55. The molecule has 1 aromatic heterocycles. The smallest absolute Gasteiger partial charge is 0.337 e. The lowest BCUT2D eigenvalue weighted by molar-refractivity contribution is -0.160. The van der Waals surface area contributed by atoms with Crippen molar-refractivity contribution in [3.63, 3.8) is 0 Å². The molecule has 1 saturated heterocycles. The molecule has 6 nitrogen and oxygen atoms in total. The minimum Gasteiger partial charge on any atom is -0.479 e. The fourth-order valence-corrected chi connectivity index (χ4v) is 3.80. The Balaban J connectivity index is 2.58. The van der Waals surface area contributed by atoms with Crippen molar-refractivity contribution in [1.82, 2.24) is 4.98 Å². The quantitative estimate of drug-likeness (QED) is 0.744. The maximum absolute atomic E-state index is 12.0. The summed E-state index contributed by atoms with van der Waals surface area (Å²) in [6.45, 7) is 13.5. The van der Waals surface area contributed by atoms with Gasteiger partial charge in [0.1, 0.15) is 5.82 Å². The van der Waals surface area contributed by atoms with Gasteiger partial charge in [0.2, 0.25) is 0 Å². The van der Waals surface area contributed by atoms with Crippen molar-refractivity contribution < 1.29 is 14.6 Å². The van der Waals surface area contributed by atoms with E-state index in [-0.39, 0.29) is 5.41 Å². The third kappa shape index (κ3) is 4.68. The van der Waals surface area contributed by atoms with Crippen LogP contribution in [0, 0.1) is 12.3 Å². The van der Waals surface area contributed by atoms with Gasteiger partial charge in [0.25, 0.3) is 0 Å². The minimum atomic E-state index is -1.11. The predicted molar refractivity (Wildman–Crippen MR) is 108 cm³/mol. The predicted octanol–water partition coefficient (Wildman–Crippen LogP) is 4.30. The van der Waals surface area contributed by atoms with E-state index in [4.69, 9.17) is 10.5 Å². The summed E-state index contributed by atoms with van der Waals surface area (Å²) in [6, 6.07) is 0. The van der Waals surface area contributed by atoms with E-state index < -0.39 is 17.7 Å².